The van der Waals surface area contributed by atoms with E-state index in [9.17, 15) is 14.9 Å². The number of amides is 1. The van der Waals surface area contributed by atoms with Crippen molar-refractivity contribution in [1.29, 1.82) is 0 Å². The van der Waals surface area contributed by atoms with E-state index in [0.717, 1.165) is 4.88 Å². The molecule has 0 aliphatic rings. The second kappa shape index (κ2) is 10.0. The van der Waals surface area contributed by atoms with Crippen molar-refractivity contribution < 1.29 is 47.2 Å². The molecule has 21 heavy (non-hydrogen) atoms. The predicted octanol–water partition coefficient (Wildman–Crippen LogP) is 3.40. The van der Waals surface area contributed by atoms with E-state index in [-0.39, 0.29) is 52.3 Å². The third-order valence-electron chi connectivity index (χ3n) is 2.49. The zero-order chi connectivity index (χ0) is 15.1. The minimum Gasteiger partial charge on any atom is -0.447 e. The van der Waals surface area contributed by atoms with Crippen LogP contribution in [-0.4, -0.2) is 24.2 Å². The minimum absolute atomic E-state index is 0. The average molecular weight is 386 g/mol. The van der Waals surface area contributed by atoms with Gasteiger partial charge in [0.1, 0.15) is 6.61 Å². The monoisotopic (exact) mass is 386 g/mol. The van der Waals surface area contributed by atoms with E-state index in [1.54, 1.807) is 13.0 Å². The van der Waals surface area contributed by atoms with E-state index < -0.39 is 11.0 Å². The van der Waals surface area contributed by atoms with E-state index in [1.165, 1.54) is 22.3 Å². The van der Waals surface area contributed by atoms with Crippen LogP contribution in [0.15, 0.2) is 24.8 Å². The van der Waals surface area contributed by atoms with Crippen LogP contribution in [0, 0.1) is 23.1 Å². The number of carbonyl (C=O) groups is 1. The second-order valence-electron chi connectivity index (χ2n) is 4.13. The van der Waals surface area contributed by atoms with Crippen LogP contribution in [0.3, 0.4) is 0 Å². The molecule has 1 aromatic heterocycles. The Hall–Kier alpha value is -0.786. The molecule has 0 saturated heterocycles. The summed E-state index contributed by atoms with van der Waals surface area (Å²) in [6, 6.07) is 4.26. The van der Waals surface area contributed by atoms with Gasteiger partial charge in [-0.1, -0.05) is 19.1 Å². The molecule has 0 N–H and O–H groups in total. The number of carbonyl (C=O) groups excluding carboxylic acids is 1. The Morgan fingerprint density at radius 3 is 2.76 bits per heavy atom. The van der Waals surface area contributed by atoms with Gasteiger partial charge < -0.3 is 9.64 Å². The van der Waals surface area contributed by atoms with Crippen molar-refractivity contribution in [2.45, 2.75) is 20.3 Å². The fraction of sp³-hybridized carbons (Fsp3) is 0.385. The summed E-state index contributed by atoms with van der Waals surface area (Å²) in [6.45, 7) is 6.98. The molecule has 1 radical (unpaired) electrons. The molecule has 113 valence electrons. The number of aryl methyl sites for hydroxylation is 1. The maximum absolute atomic E-state index is 12.1. The van der Waals surface area contributed by atoms with Gasteiger partial charge in [-0.2, -0.15) is 6.92 Å². The van der Waals surface area contributed by atoms with Crippen LogP contribution < -0.4 is 4.90 Å². The summed E-state index contributed by atoms with van der Waals surface area (Å²) in [4.78, 5) is 24.5. The Morgan fingerprint density at radius 2 is 2.29 bits per heavy atom. The Labute approximate surface area is 153 Å². The molecule has 1 heterocycles. The maximum atomic E-state index is 12.1. The molecule has 1 aromatic rings. The predicted molar refractivity (Wildman–Crippen MR) is 78.5 cm³/mol. The third kappa shape index (κ3) is 6.67. The van der Waals surface area contributed by atoms with Crippen LogP contribution >= 0.6 is 11.3 Å². The number of ether oxygens (including phenoxy) is 1. The molecule has 0 atom stereocenters. The van der Waals surface area contributed by atoms with Crippen LogP contribution in [0.2, 0.25) is 0 Å². The normalized spacial score (nSPS) is 9.86. The largest absolute Gasteiger partial charge is 0.447 e. The maximum Gasteiger partial charge on any atom is 0.385 e. The first-order valence-electron chi connectivity index (χ1n) is 6.04. The van der Waals surface area contributed by atoms with Crippen molar-refractivity contribution in [3.05, 3.63) is 45.8 Å². The number of nitro groups is 1. The Morgan fingerprint density at radius 1 is 1.62 bits per heavy atom. The molecule has 0 aliphatic heterocycles. The number of thiophene rings is 1. The van der Waals surface area contributed by atoms with Crippen molar-refractivity contribution in [1.82, 2.24) is 0 Å². The summed E-state index contributed by atoms with van der Waals surface area (Å²) in [7, 11) is 0. The number of anilines is 1. The van der Waals surface area contributed by atoms with Crippen molar-refractivity contribution in [2.24, 2.45) is 0 Å². The van der Waals surface area contributed by atoms with Gasteiger partial charge >= 0.3 is 6.09 Å². The second-order valence-corrected chi connectivity index (χ2v) is 5.39. The fourth-order valence-electron chi connectivity index (χ4n) is 1.54. The molecular weight excluding hydrogens is 369 g/mol. The van der Waals surface area contributed by atoms with E-state index >= 15 is 0 Å². The SMILES string of the molecule is C=CCOC(=O)N(c1ccc(C)s1)[C-](C)CC[N+](=O)[O-].[Y]. The Kier molecular flexibility index (Phi) is 9.65. The van der Waals surface area contributed by atoms with Crippen LogP contribution in [0.5, 0.6) is 0 Å². The van der Waals surface area contributed by atoms with Crippen molar-refractivity contribution >= 4 is 22.4 Å². The van der Waals surface area contributed by atoms with Gasteiger partial charge in [-0.05, 0) is 19.1 Å². The number of hydrogen-bond acceptors (Lipinski definition) is 5. The minimum atomic E-state index is -0.549. The van der Waals surface area contributed by atoms with Crippen LogP contribution in [0.1, 0.15) is 18.2 Å². The standard InChI is InChI=1S/C13H17N2O4S.Y/c1-4-9-19-13(16)15(10(2)7-8-14(17)18)12-6-5-11(3)20-12;/h4-6H,1,7-9H2,2-3H3;/q-1;. The third-order valence-corrected chi connectivity index (χ3v) is 3.48. The molecule has 0 aromatic carbocycles. The Bertz CT molecular complexity index is 492. The van der Waals surface area contributed by atoms with Gasteiger partial charge in [-0.15, -0.1) is 11.3 Å². The molecule has 0 aliphatic carbocycles. The summed E-state index contributed by atoms with van der Waals surface area (Å²) in [5.41, 5.74) is 0. The molecule has 0 bridgehead atoms. The Balaban J connectivity index is 0.00000400. The average Bonchev–Trinajstić information content (AvgIpc) is 2.80. The van der Waals surface area contributed by atoms with Gasteiger partial charge in [-0.25, -0.2) is 10.8 Å². The summed E-state index contributed by atoms with van der Waals surface area (Å²) in [6.07, 6.45) is 1.11. The first-order chi connectivity index (χ1) is 9.45. The van der Waals surface area contributed by atoms with Gasteiger partial charge in [0.2, 0.25) is 0 Å². The zero-order valence-electron chi connectivity index (χ0n) is 12.1. The molecule has 8 heteroatoms. The van der Waals surface area contributed by atoms with Gasteiger partial charge in [0, 0.05) is 42.5 Å². The first kappa shape index (κ1) is 20.2. The van der Waals surface area contributed by atoms with Crippen molar-refractivity contribution in [3.63, 3.8) is 0 Å². The van der Waals surface area contributed by atoms with Gasteiger partial charge in [0.05, 0.1) is 5.00 Å². The van der Waals surface area contributed by atoms with E-state index in [4.69, 9.17) is 4.74 Å². The van der Waals surface area contributed by atoms with E-state index in [1.807, 2.05) is 13.0 Å². The van der Waals surface area contributed by atoms with Crippen LogP contribution in [0.4, 0.5) is 9.80 Å². The molecule has 0 spiro atoms. The molecule has 6 nitrogen and oxygen atoms in total. The number of hydrogen-bond donors (Lipinski definition) is 0. The summed E-state index contributed by atoms with van der Waals surface area (Å²) >= 11 is 1.43. The zero-order valence-corrected chi connectivity index (χ0v) is 15.7. The van der Waals surface area contributed by atoms with Gasteiger partial charge in [-0.3, -0.25) is 10.1 Å². The number of nitrogens with zero attached hydrogens (tertiary/aromatic N) is 2. The van der Waals surface area contributed by atoms with Crippen LogP contribution in [0.25, 0.3) is 0 Å². The molecule has 0 fully saturated rings. The van der Waals surface area contributed by atoms with Crippen molar-refractivity contribution in [2.75, 3.05) is 18.1 Å². The van der Waals surface area contributed by atoms with Gasteiger partial charge in [0.25, 0.3) is 0 Å². The van der Waals surface area contributed by atoms with E-state index in [2.05, 4.69) is 6.58 Å². The fourth-order valence-corrected chi connectivity index (χ4v) is 2.46. The molecular formula is C13H17N2O4SY-. The van der Waals surface area contributed by atoms with Crippen molar-refractivity contribution in [3.8, 4) is 0 Å². The smallest absolute Gasteiger partial charge is 0.385 e. The quantitative estimate of drug-likeness (QED) is 0.312. The van der Waals surface area contributed by atoms with Crippen LogP contribution in [-0.2, 0) is 37.4 Å². The molecule has 1 amide bonds. The van der Waals surface area contributed by atoms with E-state index in [0.29, 0.717) is 11.0 Å². The molecule has 0 saturated carbocycles. The topological polar surface area (TPSA) is 72.7 Å². The van der Waals surface area contributed by atoms with Gasteiger partial charge in [0.15, 0.2) is 6.54 Å². The molecule has 1 rings (SSSR count). The summed E-state index contributed by atoms with van der Waals surface area (Å²) in [5, 5.41) is 11.1. The summed E-state index contributed by atoms with van der Waals surface area (Å²) in [5.74, 6) is 0. The number of rotatable bonds is 7. The first-order valence-corrected chi connectivity index (χ1v) is 6.85. The molecule has 0 unspecified atom stereocenters. The summed E-state index contributed by atoms with van der Waals surface area (Å²) < 4.78 is 5.03.